The van der Waals surface area contributed by atoms with E-state index >= 15 is 0 Å². The summed E-state index contributed by atoms with van der Waals surface area (Å²) >= 11 is 5.33. The van der Waals surface area contributed by atoms with Crippen LogP contribution in [0, 0.1) is 4.64 Å². The molecule has 0 aliphatic carbocycles. The molecule has 13 nitrogen and oxygen atoms in total. The number of amides is 1. The Morgan fingerprint density at radius 2 is 1.97 bits per heavy atom. The van der Waals surface area contributed by atoms with E-state index in [2.05, 4.69) is 25.6 Å². The summed E-state index contributed by atoms with van der Waals surface area (Å²) in [7, 11) is 0. The van der Waals surface area contributed by atoms with Crippen molar-refractivity contribution in [3.8, 4) is 0 Å². The molecule has 3 heterocycles. The number of fused-ring (bicyclic) bond motifs is 1. The number of ether oxygens (including phenoxy) is 1. The van der Waals surface area contributed by atoms with E-state index in [1.807, 2.05) is 0 Å². The number of hydrogen-bond donors (Lipinski definition) is 8. The SMILES string of the molecule is NC(CO)C(=O)NCCCCCCNc1nc(=S)c2ncn([C@@H]3O[C@H](CO)[C@@H](O)[C@H]3O)c2[nH]1. The zero-order valence-electron chi connectivity index (χ0n) is 18.1. The number of H-pyrrole nitrogens is 1. The summed E-state index contributed by atoms with van der Waals surface area (Å²) in [5, 5.41) is 44.3. The average Bonchev–Trinajstić information content (AvgIpc) is 3.35. The van der Waals surface area contributed by atoms with Crippen molar-refractivity contribution in [2.45, 2.75) is 56.3 Å². The summed E-state index contributed by atoms with van der Waals surface area (Å²) in [5.41, 5.74) is 6.33. The maximum absolute atomic E-state index is 11.5. The van der Waals surface area contributed by atoms with Crippen LogP contribution in [0.15, 0.2) is 6.33 Å². The Hall–Kier alpha value is -2.20. The summed E-state index contributed by atoms with van der Waals surface area (Å²) in [6.45, 7) is 0.346. The minimum atomic E-state index is -1.24. The second kappa shape index (κ2) is 11.8. The average molecular weight is 486 g/mol. The number of nitrogens with one attached hydrogen (secondary N) is 3. The normalized spacial score (nSPS) is 23.7. The van der Waals surface area contributed by atoms with Gasteiger partial charge in [0, 0.05) is 13.1 Å². The van der Waals surface area contributed by atoms with E-state index in [4.69, 9.17) is 27.8 Å². The zero-order valence-corrected chi connectivity index (χ0v) is 18.9. The number of unbranched alkanes of at least 4 members (excludes halogenated alkanes) is 3. The summed E-state index contributed by atoms with van der Waals surface area (Å²) in [4.78, 5) is 23.1. The first-order valence-corrected chi connectivity index (χ1v) is 11.3. The molecule has 0 spiro atoms. The van der Waals surface area contributed by atoms with Gasteiger partial charge in [0.1, 0.15) is 35.5 Å². The number of anilines is 1. The lowest BCUT2D eigenvalue weighted by molar-refractivity contribution is -0.123. The molecule has 14 heteroatoms. The van der Waals surface area contributed by atoms with Crippen molar-refractivity contribution in [3.05, 3.63) is 11.0 Å². The van der Waals surface area contributed by atoms with E-state index in [0.717, 1.165) is 25.7 Å². The Morgan fingerprint density at radius 1 is 1.24 bits per heavy atom. The second-order valence-corrected chi connectivity index (χ2v) is 8.28. The number of nitrogens with zero attached hydrogens (tertiary/aromatic N) is 3. The lowest BCUT2D eigenvalue weighted by Crippen LogP contribution is -2.43. The molecule has 1 saturated heterocycles. The molecule has 2 aromatic rings. The van der Waals surface area contributed by atoms with Crippen LogP contribution in [0.5, 0.6) is 0 Å². The van der Waals surface area contributed by atoms with Gasteiger partial charge >= 0.3 is 0 Å². The molecule has 0 saturated carbocycles. The monoisotopic (exact) mass is 485 g/mol. The molecule has 0 bridgehead atoms. The molecule has 1 amide bonds. The number of aromatic nitrogens is 4. The van der Waals surface area contributed by atoms with Gasteiger partial charge in [-0.2, -0.15) is 0 Å². The molecule has 33 heavy (non-hydrogen) atoms. The quantitative estimate of drug-likeness (QED) is 0.128. The molecule has 0 radical (unpaired) electrons. The van der Waals surface area contributed by atoms with Crippen LogP contribution < -0.4 is 16.4 Å². The highest BCUT2D eigenvalue weighted by atomic mass is 32.1. The number of carbonyl (C=O) groups excluding carboxylic acids is 1. The third kappa shape index (κ3) is 6.03. The summed E-state index contributed by atoms with van der Waals surface area (Å²) in [6.07, 6.45) is 0.651. The highest BCUT2D eigenvalue weighted by Gasteiger charge is 2.43. The molecule has 0 aromatic carbocycles. The van der Waals surface area contributed by atoms with Gasteiger partial charge in [-0.05, 0) is 12.8 Å². The zero-order chi connectivity index (χ0) is 24.0. The molecule has 1 unspecified atom stereocenters. The molecular formula is C19H31N7O6S. The van der Waals surface area contributed by atoms with E-state index in [1.54, 1.807) is 0 Å². The van der Waals surface area contributed by atoms with Gasteiger partial charge in [0.25, 0.3) is 0 Å². The molecule has 184 valence electrons. The molecular weight excluding hydrogens is 454 g/mol. The minimum Gasteiger partial charge on any atom is -0.394 e. The predicted octanol–water partition coefficient (Wildman–Crippen LogP) is -1.49. The van der Waals surface area contributed by atoms with Crippen molar-refractivity contribution in [2.75, 3.05) is 31.6 Å². The van der Waals surface area contributed by atoms with Crippen LogP contribution in [0.4, 0.5) is 5.95 Å². The van der Waals surface area contributed by atoms with Crippen LogP contribution in [-0.4, -0.2) is 96.5 Å². The van der Waals surface area contributed by atoms with Gasteiger partial charge in [-0.3, -0.25) is 9.36 Å². The molecule has 9 N–H and O–H groups in total. The first-order chi connectivity index (χ1) is 15.9. The lowest BCUT2D eigenvalue weighted by Gasteiger charge is -2.17. The molecule has 2 aromatic heterocycles. The van der Waals surface area contributed by atoms with Crippen molar-refractivity contribution in [1.82, 2.24) is 24.8 Å². The molecule has 1 aliphatic heterocycles. The topological polar surface area (TPSA) is 204 Å². The number of hydrogen-bond acceptors (Lipinski definition) is 11. The fourth-order valence-electron chi connectivity index (χ4n) is 3.56. The van der Waals surface area contributed by atoms with Gasteiger partial charge < -0.3 is 46.5 Å². The van der Waals surface area contributed by atoms with Crippen molar-refractivity contribution in [3.63, 3.8) is 0 Å². The number of aliphatic hydroxyl groups is 4. The van der Waals surface area contributed by atoms with E-state index < -0.39 is 37.2 Å². The number of aliphatic hydroxyl groups excluding tert-OH is 4. The van der Waals surface area contributed by atoms with Crippen LogP contribution in [0.3, 0.4) is 0 Å². The van der Waals surface area contributed by atoms with E-state index in [0.29, 0.717) is 30.2 Å². The van der Waals surface area contributed by atoms with Gasteiger partial charge in [0.2, 0.25) is 11.9 Å². The molecule has 5 atom stereocenters. The van der Waals surface area contributed by atoms with Crippen molar-refractivity contribution in [2.24, 2.45) is 5.73 Å². The van der Waals surface area contributed by atoms with E-state index in [-0.39, 0.29) is 17.2 Å². The first kappa shape index (κ1) is 25.4. The molecule has 1 fully saturated rings. The third-order valence-electron chi connectivity index (χ3n) is 5.47. The van der Waals surface area contributed by atoms with Crippen LogP contribution in [0.1, 0.15) is 31.9 Å². The largest absolute Gasteiger partial charge is 0.394 e. The number of imidazole rings is 1. The smallest absolute Gasteiger partial charge is 0.239 e. The number of nitrogens with two attached hydrogens (primary N) is 1. The second-order valence-electron chi connectivity index (χ2n) is 7.89. The van der Waals surface area contributed by atoms with Crippen LogP contribution >= 0.6 is 12.2 Å². The predicted molar refractivity (Wildman–Crippen MR) is 121 cm³/mol. The van der Waals surface area contributed by atoms with Crippen LogP contribution in [0.2, 0.25) is 0 Å². The Balaban J connectivity index is 1.50. The Labute approximate surface area is 195 Å². The lowest BCUT2D eigenvalue weighted by atomic mass is 10.1. The number of carbonyl (C=O) groups is 1. The van der Waals surface area contributed by atoms with Crippen LogP contribution in [-0.2, 0) is 9.53 Å². The van der Waals surface area contributed by atoms with E-state index in [1.165, 1.54) is 10.9 Å². The summed E-state index contributed by atoms with van der Waals surface area (Å²) in [6, 6.07) is -0.884. The standard InChI is InChI=1S/C19H31N7O6S/c20-10(7-27)16(31)21-5-3-1-2-4-6-22-19-24-15-12(17(33)25-19)23-9-26(15)18-14(30)13(29)11(8-28)32-18/h9-11,13-14,18,27-30H,1-8,20H2,(H,21,31)(H2,22,24,25,33)/t10?,11-,13-,14-,18-/m1/s1. The fourth-order valence-corrected chi connectivity index (χ4v) is 3.80. The number of aromatic amines is 1. The molecule has 1 aliphatic rings. The maximum atomic E-state index is 11.5. The third-order valence-corrected chi connectivity index (χ3v) is 5.75. The number of rotatable bonds is 12. The van der Waals surface area contributed by atoms with Crippen molar-refractivity contribution >= 4 is 35.2 Å². The van der Waals surface area contributed by atoms with Crippen molar-refractivity contribution < 1.29 is 30.0 Å². The first-order valence-electron chi connectivity index (χ1n) is 10.8. The summed E-state index contributed by atoms with van der Waals surface area (Å²) < 4.78 is 7.38. The highest BCUT2D eigenvalue weighted by molar-refractivity contribution is 7.71. The maximum Gasteiger partial charge on any atom is 0.239 e. The van der Waals surface area contributed by atoms with Crippen molar-refractivity contribution in [1.29, 1.82) is 0 Å². The van der Waals surface area contributed by atoms with Crippen LogP contribution in [0.25, 0.3) is 11.2 Å². The Morgan fingerprint density at radius 3 is 2.64 bits per heavy atom. The van der Waals surface area contributed by atoms with E-state index in [9.17, 15) is 20.1 Å². The minimum absolute atomic E-state index is 0.272. The Bertz CT molecular complexity index is 985. The fraction of sp³-hybridized carbons (Fsp3) is 0.684. The molecule has 3 rings (SSSR count). The van der Waals surface area contributed by atoms with Gasteiger partial charge in [0.15, 0.2) is 10.9 Å². The Kier molecular flexibility index (Phi) is 9.08. The van der Waals surface area contributed by atoms with Gasteiger partial charge in [-0.25, -0.2) is 9.97 Å². The summed E-state index contributed by atoms with van der Waals surface area (Å²) in [5.74, 6) is 0.0818. The van der Waals surface area contributed by atoms with Gasteiger partial charge in [-0.1, -0.05) is 25.1 Å². The van der Waals surface area contributed by atoms with Gasteiger partial charge in [0.05, 0.1) is 19.5 Å². The highest BCUT2D eigenvalue weighted by Crippen LogP contribution is 2.31. The van der Waals surface area contributed by atoms with Gasteiger partial charge in [-0.15, -0.1) is 0 Å².